The second-order valence-corrected chi connectivity index (χ2v) is 8.34. The Morgan fingerprint density at radius 2 is 1.74 bits per heavy atom. The van der Waals surface area contributed by atoms with Crippen LogP contribution in [0, 0.1) is 5.92 Å². The third-order valence-corrected chi connectivity index (χ3v) is 6.04. The van der Waals surface area contributed by atoms with E-state index < -0.39 is 17.9 Å². The van der Waals surface area contributed by atoms with E-state index in [2.05, 4.69) is 19.1 Å². The van der Waals surface area contributed by atoms with E-state index >= 15 is 0 Å². The molecule has 7 nitrogen and oxygen atoms in total. The van der Waals surface area contributed by atoms with Crippen LogP contribution in [0.5, 0.6) is 5.75 Å². The molecule has 0 bridgehead atoms. The summed E-state index contributed by atoms with van der Waals surface area (Å²) >= 11 is 1.24. The first-order valence-corrected chi connectivity index (χ1v) is 11.0. The number of benzene rings is 2. The lowest BCUT2D eigenvalue weighted by Gasteiger charge is -2.10. The summed E-state index contributed by atoms with van der Waals surface area (Å²) in [6.07, 6.45) is 3.17. The fraction of sp³-hybridized carbons (Fsp3) is 0.348. The molecule has 2 aromatic carbocycles. The Kier molecular flexibility index (Phi) is 7.46. The van der Waals surface area contributed by atoms with E-state index in [1.165, 1.54) is 16.9 Å². The lowest BCUT2D eigenvalue weighted by atomic mass is 10.00. The zero-order chi connectivity index (χ0) is 22.4. The number of nitrogens with zero attached hydrogens (tertiary/aromatic N) is 1. The van der Waals surface area contributed by atoms with Gasteiger partial charge in [0.15, 0.2) is 5.92 Å². The smallest absolute Gasteiger partial charge is 0.318 e. The van der Waals surface area contributed by atoms with Crippen LogP contribution < -0.4 is 9.61 Å². The molecule has 0 unspecified atom stereocenters. The van der Waals surface area contributed by atoms with E-state index in [0.29, 0.717) is 24.5 Å². The fourth-order valence-electron chi connectivity index (χ4n) is 3.35. The quantitative estimate of drug-likeness (QED) is 0.437. The number of unbranched alkanes of at least 4 members (excludes halogenated alkanes) is 1. The number of fused-ring (bicyclic) bond motifs is 1. The van der Waals surface area contributed by atoms with Gasteiger partial charge in [0.2, 0.25) is 0 Å². The van der Waals surface area contributed by atoms with Crippen LogP contribution in [-0.4, -0.2) is 33.3 Å². The molecule has 3 rings (SSSR count). The minimum Gasteiger partial charge on any atom is -0.492 e. The summed E-state index contributed by atoms with van der Waals surface area (Å²) in [5, 5.41) is 18.0. The topological polar surface area (TPSA) is 106 Å². The van der Waals surface area contributed by atoms with Crippen molar-refractivity contribution in [2.24, 2.45) is 5.92 Å². The summed E-state index contributed by atoms with van der Waals surface area (Å²) in [6.45, 7) is 2.87. The molecule has 0 aliphatic heterocycles. The average Bonchev–Trinajstić information content (AvgIpc) is 3.05. The Morgan fingerprint density at radius 1 is 1.06 bits per heavy atom. The summed E-state index contributed by atoms with van der Waals surface area (Å²) in [4.78, 5) is 34.4. The Bertz CT molecular complexity index is 1100. The predicted octanol–water partition coefficient (Wildman–Crippen LogP) is 3.81. The molecule has 8 heteroatoms. The number of thiazole rings is 1. The highest BCUT2D eigenvalue weighted by atomic mass is 32.1. The van der Waals surface area contributed by atoms with Gasteiger partial charge in [0.25, 0.3) is 0 Å². The molecule has 0 saturated carbocycles. The van der Waals surface area contributed by atoms with Gasteiger partial charge in [-0.3, -0.25) is 19.0 Å². The van der Waals surface area contributed by atoms with Crippen LogP contribution in [0.2, 0.25) is 0 Å². The van der Waals surface area contributed by atoms with Gasteiger partial charge in [-0.05, 0) is 54.7 Å². The van der Waals surface area contributed by atoms with Crippen LogP contribution in [0.1, 0.15) is 30.9 Å². The van der Waals surface area contributed by atoms with Crippen molar-refractivity contribution in [1.29, 1.82) is 0 Å². The molecule has 3 aromatic rings. The minimum atomic E-state index is -1.48. The SMILES string of the molecule is CCCCc1ccc2c(c1)sc(=O)n2CCOc1ccc(CC(C(=O)O)C(=O)O)cc1. The van der Waals surface area contributed by atoms with E-state index in [9.17, 15) is 14.4 Å². The summed E-state index contributed by atoms with van der Waals surface area (Å²) < 4.78 is 8.42. The first-order chi connectivity index (χ1) is 14.9. The second kappa shape index (κ2) is 10.3. The molecule has 0 aliphatic rings. The maximum Gasteiger partial charge on any atom is 0.318 e. The zero-order valence-electron chi connectivity index (χ0n) is 17.2. The van der Waals surface area contributed by atoms with E-state index in [-0.39, 0.29) is 11.3 Å². The van der Waals surface area contributed by atoms with Crippen LogP contribution in [0.15, 0.2) is 47.3 Å². The third kappa shape index (κ3) is 5.73. The molecule has 0 amide bonds. The number of aryl methyl sites for hydroxylation is 1. The highest BCUT2D eigenvalue weighted by Gasteiger charge is 2.25. The maximum absolute atomic E-state index is 12.4. The number of hydrogen-bond donors (Lipinski definition) is 2. The van der Waals surface area contributed by atoms with Crippen molar-refractivity contribution in [2.45, 2.75) is 39.2 Å². The van der Waals surface area contributed by atoms with Gasteiger partial charge in [0.1, 0.15) is 12.4 Å². The van der Waals surface area contributed by atoms with E-state index in [1.807, 2.05) is 6.07 Å². The molecule has 0 radical (unpaired) electrons. The molecule has 31 heavy (non-hydrogen) atoms. The average molecular weight is 444 g/mol. The first kappa shape index (κ1) is 22.6. The Balaban J connectivity index is 1.60. The van der Waals surface area contributed by atoms with Gasteiger partial charge < -0.3 is 14.9 Å². The molecule has 1 heterocycles. The highest BCUT2D eigenvalue weighted by molar-refractivity contribution is 7.16. The molecule has 0 spiro atoms. The summed E-state index contributed by atoms with van der Waals surface area (Å²) in [6, 6.07) is 12.8. The van der Waals surface area contributed by atoms with Gasteiger partial charge in [0, 0.05) is 0 Å². The van der Waals surface area contributed by atoms with Crippen LogP contribution in [0.3, 0.4) is 0 Å². The first-order valence-electron chi connectivity index (χ1n) is 10.2. The van der Waals surface area contributed by atoms with Crippen molar-refractivity contribution >= 4 is 33.5 Å². The van der Waals surface area contributed by atoms with Crippen molar-refractivity contribution in [3.63, 3.8) is 0 Å². The molecule has 0 atom stereocenters. The molecule has 2 N–H and O–H groups in total. The van der Waals surface area contributed by atoms with Crippen LogP contribution in [0.25, 0.3) is 10.2 Å². The second-order valence-electron chi connectivity index (χ2n) is 7.35. The van der Waals surface area contributed by atoms with Crippen molar-refractivity contribution in [3.05, 3.63) is 63.3 Å². The van der Waals surface area contributed by atoms with Crippen LogP contribution >= 0.6 is 11.3 Å². The zero-order valence-corrected chi connectivity index (χ0v) is 18.1. The van der Waals surface area contributed by atoms with Gasteiger partial charge in [-0.25, -0.2) is 0 Å². The standard InChI is InChI=1S/C23H25NO6S/c1-2-3-4-15-7-10-19-20(14-15)31-23(29)24(19)11-12-30-17-8-5-16(6-9-17)13-18(21(25)26)22(27)28/h5-10,14,18H,2-4,11-13H2,1H3,(H,25,26)(H,27,28). The number of rotatable bonds is 11. The predicted molar refractivity (Wildman–Crippen MR) is 119 cm³/mol. The van der Waals surface area contributed by atoms with Gasteiger partial charge in [-0.2, -0.15) is 0 Å². The number of aliphatic carboxylic acids is 2. The van der Waals surface area contributed by atoms with Gasteiger partial charge >= 0.3 is 16.8 Å². The molecule has 0 fully saturated rings. The Hall–Kier alpha value is -3.13. The lowest BCUT2D eigenvalue weighted by molar-refractivity contribution is -0.154. The van der Waals surface area contributed by atoms with Crippen LogP contribution in [0.4, 0.5) is 0 Å². The Labute approximate surface area is 183 Å². The molecule has 0 saturated heterocycles. The number of hydrogen-bond acceptors (Lipinski definition) is 5. The molecular weight excluding hydrogens is 418 g/mol. The maximum atomic E-state index is 12.4. The normalized spacial score (nSPS) is 11.2. The largest absolute Gasteiger partial charge is 0.492 e. The van der Waals surface area contributed by atoms with E-state index in [1.54, 1.807) is 28.8 Å². The van der Waals surface area contributed by atoms with Gasteiger partial charge in [0.05, 0.1) is 16.8 Å². The van der Waals surface area contributed by atoms with E-state index in [0.717, 1.165) is 29.5 Å². The number of ether oxygens (including phenoxy) is 1. The molecule has 0 aliphatic carbocycles. The summed E-state index contributed by atoms with van der Waals surface area (Å²) in [7, 11) is 0. The number of carbonyl (C=O) groups is 2. The lowest BCUT2D eigenvalue weighted by Crippen LogP contribution is -2.25. The highest BCUT2D eigenvalue weighted by Crippen LogP contribution is 2.21. The van der Waals surface area contributed by atoms with Crippen molar-refractivity contribution < 1.29 is 24.5 Å². The van der Waals surface area contributed by atoms with Crippen LogP contribution in [-0.2, 0) is 29.0 Å². The molecular formula is C23H25NO6S. The summed E-state index contributed by atoms with van der Waals surface area (Å²) in [5.41, 5.74) is 2.75. The molecule has 164 valence electrons. The number of carboxylic acid groups (broad SMARTS) is 2. The molecule has 1 aromatic heterocycles. The monoisotopic (exact) mass is 443 g/mol. The third-order valence-electron chi connectivity index (χ3n) is 5.09. The van der Waals surface area contributed by atoms with Crippen molar-refractivity contribution in [2.75, 3.05) is 6.61 Å². The number of carboxylic acids is 2. The minimum absolute atomic E-state index is 0.0185. The number of aromatic nitrogens is 1. The van der Waals surface area contributed by atoms with Crippen molar-refractivity contribution in [3.8, 4) is 5.75 Å². The van der Waals surface area contributed by atoms with Crippen molar-refractivity contribution in [1.82, 2.24) is 4.57 Å². The fourth-order valence-corrected chi connectivity index (χ4v) is 4.33. The Morgan fingerprint density at radius 3 is 2.39 bits per heavy atom. The van der Waals surface area contributed by atoms with Gasteiger partial charge in [-0.15, -0.1) is 0 Å². The van der Waals surface area contributed by atoms with E-state index in [4.69, 9.17) is 14.9 Å². The van der Waals surface area contributed by atoms with Gasteiger partial charge in [-0.1, -0.05) is 42.9 Å². The summed E-state index contributed by atoms with van der Waals surface area (Å²) in [5.74, 6) is -3.63.